The third-order valence-corrected chi connectivity index (χ3v) is 4.18. The number of furan rings is 1. The van der Waals surface area contributed by atoms with Crippen LogP contribution in [0.3, 0.4) is 0 Å². The number of rotatable bonds is 2. The van der Waals surface area contributed by atoms with Crippen molar-refractivity contribution in [1.29, 1.82) is 0 Å². The van der Waals surface area contributed by atoms with E-state index in [0.29, 0.717) is 27.0 Å². The van der Waals surface area contributed by atoms with E-state index in [9.17, 15) is 5.11 Å². The highest BCUT2D eigenvalue weighted by Crippen LogP contribution is 2.33. The van der Waals surface area contributed by atoms with E-state index in [-0.39, 0.29) is 0 Å². The number of aliphatic hydroxyl groups excluding tert-OH is 1. The lowest BCUT2D eigenvalue weighted by Crippen LogP contribution is -1.98. The molecule has 1 aromatic heterocycles. The zero-order chi connectivity index (χ0) is 14.3. The number of halogens is 3. The van der Waals surface area contributed by atoms with Crippen molar-refractivity contribution in [2.45, 2.75) is 6.10 Å². The molecule has 1 heterocycles. The van der Waals surface area contributed by atoms with Gasteiger partial charge in [0.05, 0.1) is 0 Å². The lowest BCUT2D eigenvalue weighted by molar-refractivity contribution is 0.191. The first-order valence-corrected chi connectivity index (χ1v) is 7.41. The Morgan fingerprint density at radius 1 is 1.00 bits per heavy atom. The first kappa shape index (κ1) is 14.0. The van der Waals surface area contributed by atoms with Crippen molar-refractivity contribution in [2.24, 2.45) is 0 Å². The second-order valence-electron chi connectivity index (χ2n) is 4.40. The van der Waals surface area contributed by atoms with Crippen LogP contribution in [-0.2, 0) is 0 Å². The molecule has 0 radical (unpaired) electrons. The summed E-state index contributed by atoms with van der Waals surface area (Å²) < 4.78 is 6.39. The van der Waals surface area contributed by atoms with E-state index in [2.05, 4.69) is 15.9 Å². The van der Waals surface area contributed by atoms with Gasteiger partial charge < -0.3 is 9.52 Å². The van der Waals surface area contributed by atoms with Crippen molar-refractivity contribution in [3.63, 3.8) is 0 Å². The Bertz CT molecular complexity index is 783. The molecule has 1 N–H and O–H groups in total. The van der Waals surface area contributed by atoms with Gasteiger partial charge in [-0.3, -0.25) is 0 Å². The second kappa shape index (κ2) is 5.41. The van der Waals surface area contributed by atoms with Crippen LogP contribution in [0.5, 0.6) is 0 Å². The van der Waals surface area contributed by atoms with Gasteiger partial charge in [0.25, 0.3) is 0 Å². The predicted molar refractivity (Wildman–Crippen MR) is 84.4 cm³/mol. The minimum absolute atomic E-state index is 0.463. The summed E-state index contributed by atoms with van der Waals surface area (Å²) >= 11 is 15.2. The van der Waals surface area contributed by atoms with Gasteiger partial charge in [-0.15, -0.1) is 0 Å². The summed E-state index contributed by atoms with van der Waals surface area (Å²) in [4.78, 5) is 0. The van der Waals surface area contributed by atoms with Crippen LogP contribution in [0.15, 0.2) is 51.4 Å². The number of fused-ring (bicyclic) bond motifs is 1. The van der Waals surface area contributed by atoms with Crippen molar-refractivity contribution in [3.05, 3.63) is 68.3 Å². The van der Waals surface area contributed by atoms with Gasteiger partial charge >= 0.3 is 0 Å². The van der Waals surface area contributed by atoms with Crippen molar-refractivity contribution in [1.82, 2.24) is 0 Å². The minimum atomic E-state index is -0.868. The maximum absolute atomic E-state index is 10.4. The highest BCUT2D eigenvalue weighted by Gasteiger charge is 2.18. The minimum Gasteiger partial charge on any atom is -0.458 e. The van der Waals surface area contributed by atoms with Gasteiger partial charge in [0.2, 0.25) is 0 Å². The Balaban J connectivity index is 2.05. The molecule has 102 valence electrons. The van der Waals surface area contributed by atoms with Crippen molar-refractivity contribution in [2.75, 3.05) is 0 Å². The first-order chi connectivity index (χ1) is 9.54. The van der Waals surface area contributed by atoms with E-state index in [1.807, 2.05) is 0 Å². The fourth-order valence-corrected chi connectivity index (χ4v) is 3.13. The molecule has 3 aromatic rings. The molecule has 0 fully saturated rings. The Kier molecular flexibility index (Phi) is 3.78. The van der Waals surface area contributed by atoms with Gasteiger partial charge in [0.1, 0.15) is 17.4 Å². The van der Waals surface area contributed by atoms with E-state index in [1.54, 1.807) is 42.5 Å². The van der Waals surface area contributed by atoms with Crippen LogP contribution in [0.1, 0.15) is 17.4 Å². The Morgan fingerprint density at radius 2 is 1.70 bits per heavy atom. The maximum atomic E-state index is 10.4. The highest BCUT2D eigenvalue weighted by atomic mass is 79.9. The molecule has 0 aliphatic rings. The standard InChI is InChI=1S/C15H9BrCl2O2/c16-12-7-10(18)1-3-11(12)15(19)14-6-8-5-9(17)2-4-13(8)20-14/h1-7,15,19H. The molecule has 0 aliphatic carbocycles. The van der Waals surface area contributed by atoms with Gasteiger partial charge in [-0.25, -0.2) is 0 Å². The lowest BCUT2D eigenvalue weighted by Gasteiger charge is -2.10. The summed E-state index contributed by atoms with van der Waals surface area (Å²) in [5, 5.41) is 12.5. The second-order valence-corrected chi connectivity index (χ2v) is 6.13. The molecule has 2 aromatic carbocycles. The molecule has 0 bridgehead atoms. The molecule has 0 saturated carbocycles. The molecule has 3 rings (SSSR count). The SMILES string of the molecule is OC(c1cc2cc(Cl)ccc2o1)c1ccc(Cl)cc1Br. The summed E-state index contributed by atoms with van der Waals surface area (Å²) in [6, 6.07) is 12.3. The van der Waals surface area contributed by atoms with E-state index in [4.69, 9.17) is 27.6 Å². The van der Waals surface area contributed by atoms with Crippen LogP contribution in [-0.4, -0.2) is 5.11 Å². The van der Waals surface area contributed by atoms with Crippen LogP contribution in [0.25, 0.3) is 11.0 Å². The first-order valence-electron chi connectivity index (χ1n) is 5.86. The number of benzene rings is 2. The molecule has 0 saturated heterocycles. The maximum Gasteiger partial charge on any atom is 0.138 e. The molecule has 2 nitrogen and oxygen atoms in total. The molecule has 5 heteroatoms. The van der Waals surface area contributed by atoms with Crippen LogP contribution < -0.4 is 0 Å². The molecule has 1 unspecified atom stereocenters. The van der Waals surface area contributed by atoms with Crippen molar-refractivity contribution < 1.29 is 9.52 Å². The summed E-state index contributed by atoms with van der Waals surface area (Å²) in [6.07, 6.45) is -0.868. The smallest absolute Gasteiger partial charge is 0.138 e. The molecule has 1 atom stereocenters. The quantitative estimate of drug-likeness (QED) is 0.637. The van der Waals surface area contributed by atoms with Gasteiger partial charge in [-0.1, -0.05) is 45.2 Å². The predicted octanol–water partition coefficient (Wildman–Crippen LogP) is 5.58. The normalized spacial score (nSPS) is 12.8. The summed E-state index contributed by atoms with van der Waals surface area (Å²) in [7, 11) is 0. The van der Waals surface area contributed by atoms with Crippen LogP contribution in [0.2, 0.25) is 10.0 Å². The van der Waals surface area contributed by atoms with Crippen LogP contribution >= 0.6 is 39.1 Å². The molecular formula is C15H9BrCl2O2. The number of aliphatic hydroxyl groups is 1. The molecular weight excluding hydrogens is 363 g/mol. The molecule has 0 spiro atoms. The van der Waals surface area contributed by atoms with Crippen LogP contribution in [0.4, 0.5) is 0 Å². The fourth-order valence-electron chi connectivity index (χ4n) is 2.05. The summed E-state index contributed by atoms with van der Waals surface area (Å²) in [5.41, 5.74) is 1.38. The highest BCUT2D eigenvalue weighted by molar-refractivity contribution is 9.10. The van der Waals surface area contributed by atoms with Crippen molar-refractivity contribution >= 4 is 50.1 Å². The van der Waals surface area contributed by atoms with Crippen LogP contribution in [0, 0.1) is 0 Å². The largest absolute Gasteiger partial charge is 0.458 e. The Labute approximate surface area is 134 Å². The van der Waals surface area contributed by atoms with E-state index >= 15 is 0 Å². The number of hydrogen-bond acceptors (Lipinski definition) is 2. The van der Waals surface area contributed by atoms with E-state index < -0.39 is 6.10 Å². The van der Waals surface area contributed by atoms with Crippen molar-refractivity contribution in [3.8, 4) is 0 Å². The monoisotopic (exact) mass is 370 g/mol. The Morgan fingerprint density at radius 3 is 2.45 bits per heavy atom. The molecule has 0 amide bonds. The van der Waals surface area contributed by atoms with Gasteiger partial charge in [-0.2, -0.15) is 0 Å². The van der Waals surface area contributed by atoms with E-state index in [0.717, 1.165) is 9.86 Å². The summed E-state index contributed by atoms with van der Waals surface area (Å²) in [5.74, 6) is 0.463. The third-order valence-electron chi connectivity index (χ3n) is 3.02. The molecule has 20 heavy (non-hydrogen) atoms. The third kappa shape index (κ3) is 2.59. The van der Waals surface area contributed by atoms with E-state index in [1.165, 1.54) is 0 Å². The zero-order valence-corrected chi connectivity index (χ0v) is 13.2. The molecule has 0 aliphatic heterocycles. The van der Waals surface area contributed by atoms with Gasteiger partial charge in [0, 0.05) is 25.5 Å². The Hall–Kier alpha value is -1.000. The zero-order valence-electron chi connectivity index (χ0n) is 10.1. The average molecular weight is 372 g/mol. The summed E-state index contributed by atoms with van der Waals surface area (Å²) in [6.45, 7) is 0. The van der Waals surface area contributed by atoms with Gasteiger partial charge in [-0.05, 0) is 36.4 Å². The lowest BCUT2D eigenvalue weighted by atomic mass is 10.1. The topological polar surface area (TPSA) is 33.4 Å². The average Bonchev–Trinajstić information content (AvgIpc) is 2.81. The fraction of sp³-hybridized carbons (Fsp3) is 0.0667. The van der Waals surface area contributed by atoms with Gasteiger partial charge in [0.15, 0.2) is 0 Å². The number of hydrogen-bond donors (Lipinski definition) is 1.